The molecule has 0 radical (unpaired) electrons. The Kier molecular flexibility index (Phi) is 2.68. The number of fused-ring (bicyclic) bond motifs is 3. The van der Waals surface area contributed by atoms with E-state index in [1.54, 1.807) is 0 Å². The summed E-state index contributed by atoms with van der Waals surface area (Å²) >= 11 is 0. The van der Waals surface area contributed by atoms with Crippen LogP contribution in [0.15, 0.2) is 42.5 Å². The molecule has 0 unspecified atom stereocenters. The number of phenolic OH excluding ortho intramolecular Hbond substituents is 1. The first-order valence-electron chi connectivity index (χ1n) is 9.34. The summed E-state index contributed by atoms with van der Waals surface area (Å²) < 4.78 is 0. The van der Waals surface area contributed by atoms with Gasteiger partial charge in [0.1, 0.15) is 5.75 Å². The molecule has 5 atom stereocenters. The Bertz CT molecular complexity index is 778. The molecule has 1 aromatic carbocycles. The quantitative estimate of drug-likeness (QED) is 0.739. The number of rotatable bonds is 0. The van der Waals surface area contributed by atoms with Crippen molar-refractivity contribution < 1.29 is 10.2 Å². The van der Waals surface area contributed by atoms with Crippen LogP contribution in [0, 0.1) is 16.7 Å². The fourth-order valence-corrected chi connectivity index (χ4v) is 6.97. The number of aliphatic hydroxyl groups is 1. The molecule has 2 bridgehead atoms. The Balaban J connectivity index is 1.66. The van der Waals surface area contributed by atoms with Crippen molar-refractivity contribution in [2.45, 2.75) is 57.0 Å². The molecule has 2 saturated carbocycles. The van der Waals surface area contributed by atoms with Crippen LogP contribution in [0.2, 0.25) is 0 Å². The lowest BCUT2D eigenvalue weighted by atomic mass is 9.43. The maximum atomic E-state index is 11.5. The maximum absolute atomic E-state index is 11.5. The molecule has 24 heavy (non-hydrogen) atoms. The van der Waals surface area contributed by atoms with Gasteiger partial charge >= 0.3 is 0 Å². The molecule has 2 fully saturated rings. The highest BCUT2D eigenvalue weighted by Crippen LogP contribution is 2.74. The van der Waals surface area contributed by atoms with Gasteiger partial charge in [-0.25, -0.2) is 0 Å². The molecule has 2 heteroatoms. The van der Waals surface area contributed by atoms with E-state index in [9.17, 15) is 10.2 Å². The minimum absolute atomic E-state index is 0.0819. The number of phenols is 1. The van der Waals surface area contributed by atoms with E-state index in [-0.39, 0.29) is 10.8 Å². The molecule has 2 N–H and O–H groups in total. The molecule has 5 rings (SSSR count). The number of hydrogen-bond acceptors (Lipinski definition) is 2. The van der Waals surface area contributed by atoms with Crippen LogP contribution in [-0.4, -0.2) is 15.8 Å². The summed E-state index contributed by atoms with van der Waals surface area (Å²) in [6, 6.07) is 5.95. The predicted octanol–water partition coefficient (Wildman–Crippen LogP) is 4.48. The molecule has 1 aromatic rings. The number of benzene rings is 1. The van der Waals surface area contributed by atoms with Gasteiger partial charge in [-0.1, -0.05) is 31.7 Å². The van der Waals surface area contributed by atoms with Crippen molar-refractivity contribution in [2.24, 2.45) is 16.7 Å². The Morgan fingerprint density at radius 1 is 1.17 bits per heavy atom. The zero-order chi connectivity index (χ0) is 16.7. The van der Waals surface area contributed by atoms with Crippen molar-refractivity contribution in [1.29, 1.82) is 0 Å². The van der Waals surface area contributed by atoms with Gasteiger partial charge < -0.3 is 10.2 Å². The normalized spacial score (nSPS) is 45.5. The molecule has 0 spiro atoms. The van der Waals surface area contributed by atoms with Gasteiger partial charge in [0.25, 0.3) is 0 Å². The van der Waals surface area contributed by atoms with Crippen LogP contribution in [0.5, 0.6) is 5.75 Å². The molecule has 0 aliphatic heterocycles. The zero-order valence-corrected chi connectivity index (χ0v) is 14.4. The van der Waals surface area contributed by atoms with Gasteiger partial charge in [0.2, 0.25) is 0 Å². The fraction of sp³-hybridized carbons (Fsp3) is 0.545. The largest absolute Gasteiger partial charge is 0.508 e. The first-order chi connectivity index (χ1) is 11.4. The van der Waals surface area contributed by atoms with Crippen LogP contribution >= 0.6 is 0 Å². The Labute approximate surface area is 143 Å². The highest BCUT2D eigenvalue weighted by molar-refractivity contribution is 5.47. The molecule has 4 aliphatic rings. The lowest BCUT2D eigenvalue weighted by molar-refractivity contribution is -0.113. The third kappa shape index (κ3) is 1.44. The van der Waals surface area contributed by atoms with Crippen LogP contribution in [0.4, 0.5) is 0 Å². The topological polar surface area (TPSA) is 40.5 Å². The van der Waals surface area contributed by atoms with Gasteiger partial charge in [0.05, 0.1) is 5.60 Å². The monoisotopic (exact) mass is 322 g/mol. The zero-order valence-electron chi connectivity index (χ0n) is 14.4. The molecule has 0 aromatic heterocycles. The second-order valence-corrected chi connectivity index (χ2v) is 8.76. The SMILES string of the molecule is C=C1C=C[C@@]23CC[C@]1(O)[C@@]2(C)CC[C@@H]1c2ccc(O)cc2CC[C@H]13. The van der Waals surface area contributed by atoms with Crippen molar-refractivity contribution >= 4 is 0 Å². The summed E-state index contributed by atoms with van der Waals surface area (Å²) in [5.74, 6) is 1.53. The smallest absolute Gasteiger partial charge is 0.115 e. The van der Waals surface area contributed by atoms with Gasteiger partial charge in [-0.2, -0.15) is 0 Å². The summed E-state index contributed by atoms with van der Waals surface area (Å²) in [5, 5.41) is 21.3. The van der Waals surface area contributed by atoms with Gasteiger partial charge in [-0.3, -0.25) is 0 Å². The molecule has 2 nitrogen and oxygen atoms in total. The molecular weight excluding hydrogens is 296 g/mol. The Morgan fingerprint density at radius 2 is 2.00 bits per heavy atom. The van der Waals surface area contributed by atoms with E-state index in [2.05, 4.69) is 31.7 Å². The Hall–Kier alpha value is -1.54. The second kappa shape index (κ2) is 4.35. The first-order valence-corrected chi connectivity index (χ1v) is 9.34. The van der Waals surface area contributed by atoms with Crippen LogP contribution in [0.1, 0.15) is 56.1 Å². The minimum Gasteiger partial charge on any atom is -0.508 e. The molecular formula is C22H26O2. The lowest BCUT2D eigenvalue weighted by Crippen LogP contribution is -2.58. The van der Waals surface area contributed by atoms with Crippen LogP contribution < -0.4 is 0 Å². The number of hydrogen-bond donors (Lipinski definition) is 2. The van der Waals surface area contributed by atoms with E-state index in [0.717, 1.165) is 44.1 Å². The minimum atomic E-state index is -0.720. The van der Waals surface area contributed by atoms with Crippen molar-refractivity contribution in [3.63, 3.8) is 0 Å². The van der Waals surface area contributed by atoms with Crippen molar-refractivity contribution in [1.82, 2.24) is 0 Å². The van der Waals surface area contributed by atoms with E-state index in [0.29, 0.717) is 17.6 Å². The average molecular weight is 322 g/mol. The number of allylic oxidation sites excluding steroid dienone is 1. The lowest BCUT2D eigenvalue weighted by Gasteiger charge is -2.61. The van der Waals surface area contributed by atoms with Gasteiger partial charge in [0.15, 0.2) is 0 Å². The molecule has 0 saturated heterocycles. The standard InChI is InChI=1S/C22H26O2/c1-14-7-10-21-11-12-22(14,24)20(21,2)9-8-18-17-5-4-16(23)13-15(17)3-6-19(18)21/h4-5,7,10,13,18-19,23-24H,1,3,6,8-9,11-12H2,2H3/t18-,19-,20+,21+,22-/m1/s1. The predicted molar refractivity (Wildman–Crippen MR) is 94.9 cm³/mol. The van der Waals surface area contributed by atoms with E-state index in [1.165, 1.54) is 11.1 Å². The van der Waals surface area contributed by atoms with Crippen molar-refractivity contribution in [2.75, 3.05) is 0 Å². The van der Waals surface area contributed by atoms with Crippen molar-refractivity contribution in [3.8, 4) is 5.75 Å². The molecule has 126 valence electrons. The summed E-state index contributed by atoms with van der Waals surface area (Å²) in [7, 11) is 0. The molecule has 4 aliphatic carbocycles. The third-order valence-electron chi connectivity index (χ3n) is 8.31. The van der Waals surface area contributed by atoms with E-state index >= 15 is 0 Å². The van der Waals surface area contributed by atoms with E-state index < -0.39 is 5.60 Å². The van der Waals surface area contributed by atoms with Crippen molar-refractivity contribution in [3.05, 3.63) is 53.6 Å². The number of aryl methyl sites for hydroxylation is 1. The van der Waals surface area contributed by atoms with Crippen LogP contribution in [0.3, 0.4) is 0 Å². The molecule has 0 heterocycles. The van der Waals surface area contributed by atoms with Gasteiger partial charge in [0, 0.05) is 10.8 Å². The highest BCUT2D eigenvalue weighted by atomic mass is 16.3. The second-order valence-electron chi connectivity index (χ2n) is 8.76. The fourth-order valence-electron chi connectivity index (χ4n) is 6.97. The van der Waals surface area contributed by atoms with Gasteiger partial charge in [-0.15, -0.1) is 0 Å². The van der Waals surface area contributed by atoms with Crippen LogP contribution in [0.25, 0.3) is 0 Å². The first kappa shape index (κ1) is 14.8. The summed E-state index contributed by atoms with van der Waals surface area (Å²) in [4.78, 5) is 0. The summed E-state index contributed by atoms with van der Waals surface area (Å²) in [6.45, 7) is 6.50. The van der Waals surface area contributed by atoms with Gasteiger partial charge in [-0.05, 0) is 79.2 Å². The maximum Gasteiger partial charge on any atom is 0.115 e. The van der Waals surface area contributed by atoms with Crippen LogP contribution in [-0.2, 0) is 6.42 Å². The average Bonchev–Trinajstić information content (AvgIpc) is 2.72. The summed E-state index contributed by atoms with van der Waals surface area (Å²) in [5.41, 5.74) is 2.98. The van der Waals surface area contributed by atoms with E-state index in [4.69, 9.17) is 0 Å². The third-order valence-corrected chi connectivity index (χ3v) is 8.31. The number of aromatic hydroxyl groups is 1. The van der Waals surface area contributed by atoms with E-state index in [1.807, 2.05) is 12.1 Å². The Morgan fingerprint density at radius 3 is 2.83 bits per heavy atom. The molecule has 0 amide bonds. The summed E-state index contributed by atoms with van der Waals surface area (Å²) in [6.07, 6.45) is 10.8. The highest BCUT2D eigenvalue weighted by Gasteiger charge is 2.70.